The fourth-order valence-electron chi connectivity index (χ4n) is 2.19. The van der Waals surface area contributed by atoms with Gasteiger partial charge in [0.1, 0.15) is 9.71 Å². The normalized spacial score (nSPS) is 11.2. The summed E-state index contributed by atoms with van der Waals surface area (Å²) in [6, 6.07) is 7.82. The van der Waals surface area contributed by atoms with Crippen LogP contribution in [-0.4, -0.2) is 22.0 Å². The molecule has 0 atom stereocenters. The summed E-state index contributed by atoms with van der Waals surface area (Å²) in [5, 5.41) is 4.00. The van der Waals surface area contributed by atoms with E-state index in [2.05, 4.69) is 24.1 Å². The van der Waals surface area contributed by atoms with Gasteiger partial charge in [0.05, 0.1) is 5.69 Å². The van der Waals surface area contributed by atoms with E-state index in [4.69, 9.17) is 0 Å². The number of amides is 1. The first kappa shape index (κ1) is 13.8. The van der Waals surface area contributed by atoms with Crippen LogP contribution in [0.5, 0.6) is 0 Å². The fraction of sp³-hybridized carbons (Fsp3) is 0.250. The monoisotopic (exact) mass is 299 g/mol. The minimum Gasteiger partial charge on any atom is -0.351 e. The highest BCUT2D eigenvalue weighted by molar-refractivity contribution is 7.21. The summed E-state index contributed by atoms with van der Waals surface area (Å²) >= 11 is 1.44. The van der Waals surface area contributed by atoms with Crippen molar-refractivity contribution in [3.05, 3.63) is 47.7 Å². The first-order valence-corrected chi connectivity index (χ1v) is 7.77. The van der Waals surface area contributed by atoms with E-state index in [1.165, 1.54) is 11.3 Å². The van der Waals surface area contributed by atoms with E-state index < -0.39 is 0 Å². The van der Waals surface area contributed by atoms with Crippen molar-refractivity contribution >= 4 is 27.5 Å². The summed E-state index contributed by atoms with van der Waals surface area (Å²) in [4.78, 5) is 18.5. The first-order valence-electron chi connectivity index (χ1n) is 6.96. The summed E-state index contributed by atoms with van der Waals surface area (Å²) in [7, 11) is 0. The lowest BCUT2D eigenvalue weighted by Crippen LogP contribution is -2.27. The lowest BCUT2D eigenvalue weighted by Gasteiger charge is -2.09. The number of carbonyl (C=O) groups is 1. The van der Waals surface area contributed by atoms with Crippen LogP contribution in [0.4, 0.5) is 0 Å². The molecule has 21 heavy (non-hydrogen) atoms. The maximum absolute atomic E-state index is 12.5. The lowest BCUT2D eigenvalue weighted by molar-refractivity contribution is 0.0953. The van der Waals surface area contributed by atoms with Crippen molar-refractivity contribution in [1.82, 2.24) is 14.9 Å². The van der Waals surface area contributed by atoms with Crippen LogP contribution in [-0.2, 0) is 0 Å². The zero-order chi connectivity index (χ0) is 14.8. The molecule has 0 spiro atoms. The van der Waals surface area contributed by atoms with Gasteiger partial charge in [-0.25, -0.2) is 4.98 Å². The highest BCUT2D eigenvalue weighted by atomic mass is 32.1. The Kier molecular flexibility index (Phi) is 3.75. The molecule has 0 bridgehead atoms. The largest absolute Gasteiger partial charge is 0.351 e. The zero-order valence-electron chi connectivity index (χ0n) is 12.0. The van der Waals surface area contributed by atoms with Gasteiger partial charge >= 0.3 is 0 Å². The lowest BCUT2D eigenvalue weighted by atomic mass is 10.2. The minimum atomic E-state index is -0.0320. The number of hydrogen-bond acceptors (Lipinski definition) is 3. The molecule has 3 rings (SSSR count). The molecule has 3 aromatic heterocycles. The van der Waals surface area contributed by atoms with Crippen molar-refractivity contribution < 1.29 is 4.79 Å². The quantitative estimate of drug-likeness (QED) is 0.802. The van der Waals surface area contributed by atoms with Gasteiger partial charge in [0.2, 0.25) is 0 Å². The van der Waals surface area contributed by atoms with E-state index in [0.717, 1.165) is 15.9 Å². The topological polar surface area (TPSA) is 46.9 Å². The van der Waals surface area contributed by atoms with Crippen molar-refractivity contribution in [2.75, 3.05) is 6.54 Å². The predicted octanol–water partition coefficient (Wildman–Crippen LogP) is 3.47. The van der Waals surface area contributed by atoms with Crippen LogP contribution in [0.3, 0.4) is 0 Å². The Morgan fingerprint density at radius 1 is 1.33 bits per heavy atom. The number of nitrogens with one attached hydrogen (secondary N) is 1. The molecule has 108 valence electrons. The second kappa shape index (κ2) is 5.69. The third-order valence-electron chi connectivity index (χ3n) is 3.18. The average Bonchev–Trinajstić information content (AvgIpc) is 3.10. The molecule has 4 nitrogen and oxygen atoms in total. The van der Waals surface area contributed by atoms with E-state index in [1.54, 1.807) is 6.20 Å². The Balaban J connectivity index is 2.09. The molecule has 1 amide bonds. The molecule has 0 saturated carbocycles. The van der Waals surface area contributed by atoms with Crippen LogP contribution >= 0.6 is 11.3 Å². The van der Waals surface area contributed by atoms with Gasteiger partial charge in [-0.3, -0.25) is 4.79 Å². The Labute approximate surface area is 127 Å². The number of carbonyl (C=O) groups excluding carboxylic acids is 1. The van der Waals surface area contributed by atoms with Gasteiger partial charge in [-0.1, -0.05) is 13.8 Å². The molecule has 0 aliphatic carbocycles. The fourth-order valence-corrected chi connectivity index (χ4v) is 3.25. The van der Waals surface area contributed by atoms with Crippen LogP contribution in [0.25, 0.3) is 15.9 Å². The standard InChI is InChI=1S/C16H17N3OS/c1-11(2)10-18-15(20)14-13(19-8-3-4-9-19)12-6-5-7-17-16(12)21-14/h3-9,11H,10H2,1-2H3,(H,18,20). The molecule has 3 heterocycles. The van der Waals surface area contributed by atoms with Gasteiger partial charge in [-0.05, 0) is 30.2 Å². The molecule has 3 aromatic rings. The molecular formula is C16H17N3OS. The van der Waals surface area contributed by atoms with Crippen LogP contribution < -0.4 is 5.32 Å². The Hall–Kier alpha value is -2.14. The van der Waals surface area contributed by atoms with E-state index >= 15 is 0 Å². The van der Waals surface area contributed by atoms with E-state index in [0.29, 0.717) is 17.3 Å². The molecule has 0 aliphatic rings. The third kappa shape index (κ3) is 2.69. The summed E-state index contributed by atoms with van der Waals surface area (Å²) in [5.74, 6) is 0.395. The van der Waals surface area contributed by atoms with Crippen LogP contribution in [0, 0.1) is 5.92 Å². The number of nitrogens with zero attached hydrogens (tertiary/aromatic N) is 2. The van der Waals surface area contributed by atoms with Crippen molar-refractivity contribution in [2.24, 2.45) is 5.92 Å². The molecule has 5 heteroatoms. The Bertz CT molecular complexity index is 759. The van der Waals surface area contributed by atoms with Crippen LogP contribution in [0.2, 0.25) is 0 Å². The molecule has 0 unspecified atom stereocenters. The van der Waals surface area contributed by atoms with Gasteiger partial charge in [-0.15, -0.1) is 11.3 Å². The number of rotatable bonds is 4. The van der Waals surface area contributed by atoms with Gasteiger partial charge in [0, 0.05) is 30.5 Å². The average molecular weight is 299 g/mol. The second-order valence-electron chi connectivity index (χ2n) is 5.33. The van der Waals surface area contributed by atoms with Crippen molar-refractivity contribution in [3.8, 4) is 5.69 Å². The Morgan fingerprint density at radius 2 is 2.10 bits per heavy atom. The predicted molar refractivity (Wildman–Crippen MR) is 86.1 cm³/mol. The van der Waals surface area contributed by atoms with Gasteiger partial charge in [0.25, 0.3) is 5.91 Å². The van der Waals surface area contributed by atoms with Gasteiger partial charge in [0.15, 0.2) is 0 Å². The van der Waals surface area contributed by atoms with Crippen molar-refractivity contribution in [3.63, 3.8) is 0 Å². The SMILES string of the molecule is CC(C)CNC(=O)c1sc2ncccc2c1-n1cccc1. The number of pyridine rings is 1. The highest BCUT2D eigenvalue weighted by Crippen LogP contribution is 2.32. The summed E-state index contributed by atoms with van der Waals surface area (Å²) in [5.41, 5.74) is 0.911. The number of fused-ring (bicyclic) bond motifs is 1. The molecule has 1 N–H and O–H groups in total. The maximum Gasteiger partial charge on any atom is 0.263 e. The highest BCUT2D eigenvalue weighted by Gasteiger charge is 2.20. The third-order valence-corrected chi connectivity index (χ3v) is 4.28. The van der Waals surface area contributed by atoms with Crippen LogP contribution in [0.1, 0.15) is 23.5 Å². The number of thiophene rings is 1. The molecule has 0 fully saturated rings. The molecule has 0 saturated heterocycles. The zero-order valence-corrected chi connectivity index (χ0v) is 12.9. The summed E-state index contributed by atoms with van der Waals surface area (Å²) < 4.78 is 1.98. The summed E-state index contributed by atoms with van der Waals surface area (Å²) in [6.45, 7) is 4.84. The number of hydrogen-bond donors (Lipinski definition) is 1. The van der Waals surface area contributed by atoms with Crippen LogP contribution in [0.15, 0.2) is 42.9 Å². The minimum absolute atomic E-state index is 0.0320. The van der Waals surface area contributed by atoms with E-state index in [-0.39, 0.29) is 5.91 Å². The molecule has 0 radical (unpaired) electrons. The van der Waals surface area contributed by atoms with E-state index in [9.17, 15) is 4.79 Å². The molecule has 0 aliphatic heterocycles. The van der Waals surface area contributed by atoms with Crippen molar-refractivity contribution in [1.29, 1.82) is 0 Å². The first-order chi connectivity index (χ1) is 10.2. The molecular weight excluding hydrogens is 282 g/mol. The van der Waals surface area contributed by atoms with E-state index in [1.807, 2.05) is 41.2 Å². The molecule has 0 aromatic carbocycles. The Morgan fingerprint density at radius 3 is 2.81 bits per heavy atom. The van der Waals surface area contributed by atoms with Gasteiger partial charge in [-0.2, -0.15) is 0 Å². The second-order valence-corrected chi connectivity index (χ2v) is 6.33. The van der Waals surface area contributed by atoms with Gasteiger partial charge < -0.3 is 9.88 Å². The maximum atomic E-state index is 12.5. The van der Waals surface area contributed by atoms with Crippen molar-refractivity contribution in [2.45, 2.75) is 13.8 Å². The smallest absolute Gasteiger partial charge is 0.263 e. The summed E-state index contributed by atoms with van der Waals surface area (Å²) in [6.07, 6.45) is 5.66. The number of aromatic nitrogens is 2.